The van der Waals surface area contributed by atoms with Crippen LogP contribution in [0.5, 0.6) is 0 Å². The van der Waals surface area contributed by atoms with Crippen molar-refractivity contribution in [2.45, 2.75) is 99.6 Å². The topological polar surface area (TPSA) is 101 Å². The Morgan fingerprint density at radius 1 is 1.00 bits per heavy atom. The van der Waals surface area contributed by atoms with Crippen LogP contribution in [0.4, 0.5) is 0 Å². The largest absolute Gasteiger partial charge is 0.356 e. The third-order valence-corrected chi connectivity index (χ3v) is 11.1. The molecule has 0 bridgehead atoms. The van der Waals surface area contributed by atoms with Crippen LogP contribution in [0.1, 0.15) is 77.0 Å². The molecule has 2 aliphatic heterocycles. The summed E-state index contributed by atoms with van der Waals surface area (Å²) in [7, 11) is -3.40. The molecule has 0 aromatic heterocycles. The average Bonchev–Trinajstić information content (AvgIpc) is 3.27. The van der Waals surface area contributed by atoms with Gasteiger partial charge >= 0.3 is 0 Å². The summed E-state index contributed by atoms with van der Waals surface area (Å²) in [6.45, 7) is 0.716. The van der Waals surface area contributed by atoms with Gasteiger partial charge in [0.05, 0.1) is 5.25 Å². The van der Waals surface area contributed by atoms with Gasteiger partial charge in [-0.2, -0.15) is 11.8 Å². The van der Waals surface area contributed by atoms with E-state index in [1.165, 1.54) is 44.3 Å². The second-order valence-electron chi connectivity index (χ2n) is 10.0. The highest BCUT2D eigenvalue weighted by Gasteiger charge is 2.44. The van der Waals surface area contributed by atoms with Crippen molar-refractivity contribution in [1.82, 2.24) is 10.6 Å². The van der Waals surface area contributed by atoms with E-state index in [-0.39, 0.29) is 17.1 Å². The van der Waals surface area contributed by atoms with Crippen LogP contribution in [-0.4, -0.2) is 49.2 Å². The van der Waals surface area contributed by atoms with Crippen molar-refractivity contribution in [3.63, 3.8) is 0 Å². The van der Waals surface area contributed by atoms with Gasteiger partial charge in [0.1, 0.15) is 0 Å². The van der Waals surface area contributed by atoms with Gasteiger partial charge in [0.25, 0.3) is 0 Å². The predicted octanol–water partition coefficient (Wildman–Crippen LogP) is 2.77. The van der Waals surface area contributed by atoms with E-state index in [1.807, 2.05) is 0 Å². The minimum Gasteiger partial charge on any atom is -0.356 e. The van der Waals surface area contributed by atoms with Crippen molar-refractivity contribution in [3.05, 3.63) is 0 Å². The lowest BCUT2D eigenvalue weighted by atomic mass is 9.70. The molecule has 0 radical (unpaired) electrons. The summed E-state index contributed by atoms with van der Waals surface area (Å²) in [5.41, 5.74) is 0. The average molecular weight is 458 g/mol. The van der Waals surface area contributed by atoms with Crippen LogP contribution < -0.4 is 15.8 Å². The van der Waals surface area contributed by atoms with Gasteiger partial charge in [0.15, 0.2) is 0 Å². The quantitative estimate of drug-likeness (QED) is 0.569. The molecule has 4 rings (SSSR count). The summed E-state index contributed by atoms with van der Waals surface area (Å²) in [5, 5.41) is 12.8. The van der Waals surface area contributed by atoms with Crippen LogP contribution >= 0.6 is 11.8 Å². The van der Waals surface area contributed by atoms with Crippen molar-refractivity contribution >= 4 is 27.7 Å². The zero-order chi connectivity index (χ0) is 21.1. The number of piperidine rings is 1. The summed E-state index contributed by atoms with van der Waals surface area (Å²) in [5.74, 6) is 2.68. The number of fused-ring (bicyclic) bond motifs is 1. The summed E-state index contributed by atoms with van der Waals surface area (Å²) < 4.78 is 23.0. The number of nitrogens with two attached hydrogens (primary N) is 1. The van der Waals surface area contributed by atoms with Crippen molar-refractivity contribution in [1.29, 1.82) is 0 Å². The lowest BCUT2D eigenvalue weighted by Gasteiger charge is -2.46. The molecular formula is C22H39N3O3S2. The zero-order valence-electron chi connectivity index (χ0n) is 18.1. The monoisotopic (exact) mass is 457 g/mol. The molecule has 5 atom stereocenters. The van der Waals surface area contributed by atoms with E-state index in [1.54, 1.807) is 0 Å². The molecule has 172 valence electrons. The molecule has 0 spiro atoms. The second kappa shape index (κ2) is 10.1. The Morgan fingerprint density at radius 2 is 1.77 bits per heavy atom. The maximum absolute atomic E-state index is 13.2. The number of thioether (sulfide) groups is 1. The van der Waals surface area contributed by atoms with Gasteiger partial charge in [0.2, 0.25) is 15.9 Å². The molecule has 4 N–H and O–H groups in total. The SMILES string of the molecule is NS(=O)(=O)C1CCC(CCNC(=O)C2CC(C3CCCS3)NC3CCCCC32)CC1. The first-order valence-corrected chi connectivity index (χ1v) is 14.7. The maximum atomic E-state index is 13.2. The van der Waals surface area contributed by atoms with Crippen LogP contribution in [0, 0.1) is 17.8 Å². The van der Waals surface area contributed by atoms with E-state index in [9.17, 15) is 13.2 Å². The zero-order valence-corrected chi connectivity index (χ0v) is 19.7. The Balaban J connectivity index is 1.27. The van der Waals surface area contributed by atoms with E-state index < -0.39 is 10.0 Å². The summed E-state index contributed by atoms with van der Waals surface area (Å²) >= 11 is 2.09. The van der Waals surface area contributed by atoms with Crippen molar-refractivity contribution < 1.29 is 13.2 Å². The molecule has 2 saturated carbocycles. The van der Waals surface area contributed by atoms with Gasteiger partial charge < -0.3 is 10.6 Å². The fourth-order valence-corrected chi connectivity index (χ4v) is 8.72. The number of rotatable bonds is 6. The standard InChI is InChI=1S/C22H39N3O3S2/c23-30(27,28)16-9-7-15(8-10-16)11-12-24-22(26)18-14-20(21-6-3-13-29-21)25-19-5-2-1-4-17(18)19/h15-21,25H,1-14H2,(H,24,26)(H2,23,27,28). The van der Waals surface area contributed by atoms with Crippen LogP contribution in [0.2, 0.25) is 0 Å². The van der Waals surface area contributed by atoms with Crippen LogP contribution in [0.15, 0.2) is 0 Å². The van der Waals surface area contributed by atoms with E-state index in [2.05, 4.69) is 22.4 Å². The summed E-state index contributed by atoms with van der Waals surface area (Å²) in [6.07, 6.45) is 12.6. The minimum absolute atomic E-state index is 0.154. The van der Waals surface area contributed by atoms with E-state index in [4.69, 9.17) is 5.14 Å². The third-order valence-electron chi connectivity index (χ3n) is 8.13. The van der Waals surface area contributed by atoms with Gasteiger partial charge in [-0.3, -0.25) is 4.79 Å². The highest BCUT2D eigenvalue weighted by Crippen LogP contribution is 2.41. The molecule has 0 aromatic rings. The number of amides is 1. The molecule has 0 aromatic carbocycles. The van der Waals surface area contributed by atoms with Crippen LogP contribution in [-0.2, 0) is 14.8 Å². The molecule has 2 heterocycles. The van der Waals surface area contributed by atoms with Crippen LogP contribution in [0.25, 0.3) is 0 Å². The molecule has 8 heteroatoms. The molecule has 5 unspecified atom stereocenters. The lowest BCUT2D eigenvalue weighted by Crippen LogP contribution is -2.58. The maximum Gasteiger partial charge on any atom is 0.223 e. The van der Waals surface area contributed by atoms with Gasteiger partial charge in [-0.15, -0.1) is 0 Å². The molecule has 4 fully saturated rings. The number of primary sulfonamides is 1. The summed E-state index contributed by atoms with van der Waals surface area (Å²) in [6, 6.07) is 1.00. The minimum atomic E-state index is -3.40. The van der Waals surface area contributed by atoms with Gasteiger partial charge in [0, 0.05) is 29.8 Å². The molecule has 2 aliphatic carbocycles. The molecule has 30 heavy (non-hydrogen) atoms. The first-order valence-electron chi connectivity index (χ1n) is 12.1. The van der Waals surface area contributed by atoms with Gasteiger partial charge in [-0.25, -0.2) is 13.6 Å². The molecule has 6 nitrogen and oxygen atoms in total. The van der Waals surface area contributed by atoms with Crippen molar-refractivity contribution in [3.8, 4) is 0 Å². The second-order valence-corrected chi connectivity index (χ2v) is 13.2. The number of sulfonamides is 1. The molecular weight excluding hydrogens is 418 g/mol. The Morgan fingerprint density at radius 3 is 2.47 bits per heavy atom. The number of carbonyl (C=O) groups excluding carboxylic acids is 1. The first kappa shape index (κ1) is 22.9. The highest BCUT2D eigenvalue weighted by molar-refractivity contribution is 8.00. The van der Waals surface area contributed by atoms with E-state index in [0.717, 1.165) is 25.7 Å². The predicted molar refractivity (Wildman–Crippen MR) is 123 cm³/mol. The fourth-order valence-electron chi connectivity index (χ4n) is 6.40. The first-order chi connectivity index (χ1) is 14.4. The van der Waals surface area contributed by atoms with E-state index in [0.29, 0.717) is 48.6 Å². The lowest BCUT2D eigenvalue weighted by molar-refractivity contribution is -0.129. The molecule has 1 amide bonds. The highest BCUT2D eigenvalue weighted by atomic mass is 32.2. The third kappa shape index (κ3) is 5.54. The Hall–Kier alpha value is -0.310. The Labute approximate surface area is 186 Å². The Bertz CT molecular complexity index is 688. The van der Waals surface area contributed by atoms with Gasteiger partial charge in [-0.05, 0) is 81.8 Å². The molecule has 2 saturated heterocycles. The van der Waals surface area contributed by atoms with Crippen molar-refractivity contribution in [2.24, 2.45) is 22.9 Å². The number of hydrogen-bond donors (Lipinski definition) is 3. The fraction of sp³-hybridized carbons (Fsp3) is 0.955. The van der Waals surface area contributed by atoms with Crippen LogP contribution in [0.3, 0.4) is 0 Å². The molecule has 4 aliphatic rings. The van der Waals surface area contributed by atoms with E-state index >= 15 is 0 Å². The number of nitrogens with one attached hydrogen (secondary N) is 2. The number of hydrogen-bond acceptors (Lipinski definition) is 5. The summed E-state index contributed by atoms with van der Waals surface area (Å²) in [4.78, 5) is 13.2. The van der Waals surface area contributed by atoms with Crippen molar-refractivity contribution in [2.75, 3.05) is 12.3 Å². The normalized spacial score (nSPS) is 40.0. The smallest absolute Gasteiger partial charge is 0.223 e. The Kier molecular flexibility index (Phi) is 7.69. The van der Waals surface area contributed by atoms with Gasteiger partial charge in [-0.1, -0.05) is 12.8 Å². The number of carbonyl (C=O) groups is 1.